The molecule has 5 rings (SSSR count). The molecular weight excluding hydrogens is 1590 g/mol. The van der Waals surface area contributed by atoms with Crippen molar-refractivity contribution in [3.63, 3.8) is 0 Å². The van der Waals surface area contributed by atoms with Crippen molar-refractivity contribution in [3.8, 4) is 0 Å². The van der Waals surface area contributed by atoms with Gasteiger partial charge in [0.2, 0.25) is 70.9 Å². The molecule has 119 heavy (non-hydrogen) atoms. The van der Waals surface area contributed by atoms with Crippen molar-refractivity contribution in [3.05, 3.63) is 0 Å². The third-order valence-electron chi connectivity index (χ3n) is 17.0. The van der Waals surface area contributed by atoms with E-state index in [2.05, 4.69) is 111 Å². The van der Waals surface area contributed by atoms with Crippen molar-refractivity contribution in [1.29, 1.82) is 0 Å². The van der Waals surface area contributed by atoms with E-state index in [4.69, 9.17) is 14.2 Å². The monoisotopic (exact) mass is 1760 g/mol. The third-order valence-corrected chi connectivity index (χ3v) is 20.5. The predicted molar refractivity (Wildman–Crippen MR) is 487 cm³/mol. The predicted octanol–water partition coefficient (Wildman–Crippen LogP) is 9.20. The van der Waals surface area contributed by atoms with Crippen LogP contribution >= 0.6 is 35.3 Å². The summed E-state index contributed by atoms with van der Waals surface area (Å²) in [6, 6.07) is 0. The highest BCUT2D eigenvalue weighted by molar-refractivity contribution is 8.01. The molecule has 3 aliphatic heterocycles. The normalized spacial score (nSPS) is 17.8. The summed E-state index contributed by atoms with van der Waals surface area (Å²) < 4.78 is 19.0. The summed E-state index contributed by atoms with van der Waals surface area (Å²) in [4.78, 5) is 161. The molecule has 0 spiro atoms. The maximum atomic E-state index is 12.3. The van der Waals surface area contributed by atoms with Gasteiger partial charge in [0, 0.05) is 129 Å². The molecule has 34 heteroatoms. The molecule has 12 amide bonds. The maximum Gasteiger partial charge on any atom is 0.242 e. The number of methoxy groups -OCH3 is 1. The largest absolute Gasteiger partial charge is 0.359 e. The minimum atomic E-state index is -0.380. The summed E-state index contributed by atoms with van der Waals surface area (Å²) in [5, 5.41) is 27.7. The first-order valence-electron chi connectivity index (χ1n) is 43.8. The summed E-state index contributed by atoms with van der Waals surface area (Å²) in [5.41, 5.74) is 0. The Kier molecular flexibility index (Phi) is 97.0. The highest BCUT2D eigenvalue weighted by Gasteiger charge is 2.41. The van der Waals surface area contributed by atoms with Crippen LogP contribution in [0.5, 0.6) is 0 Å². The van der Waals surface area contributed by atoms with Gasteiger partial charge in [0.15, 0.2) is 0 Å². The lowest BCUT2D eigenvalue weighted by molar-refractivity contribution is -0.140. The Morgan fingerprint density at radius 3 is 1.18 bits per heavy atom. The fourth-order valence-electron chi connectivity index (χ4n) is 11.0. The molecule has 10 N–H and O–H groups in total. The minimum absolute atomic E-state index is 0.00778. The number of nitrogens with zero attached hydrogens (tertiary/aromatic N) is 3. The van der Waals surface area contributed by atoms with Gasteiger partial charge in [-0.1, -0.05) is 82.1 Å². The van der Waals surface area contributed by atoms with Gasteiger partial charge in [-0.15, -0.1) is 23.5 Å². The van der Waals surface area contributed by atoms with Crippen molar-refractivity contribution >= 4 is 118 Å². The van der Waals surface area contributed by atoms with Gasteiger partial charge in [-0.05, 0) is 197 Å². The van der Waals surface area contributed by atoms with Gasteiger partial charge in [-0.2, -0.15) is 11.8 Å². The first kappa shape index (κ1) is 126. The molecule has 0 radical (unpaired) electrons. The van der Waals surface area contributed by atoms with E-state index in [0.717, 1.165) is 121 Å². The number of hydrogen-bond donors (Lipinski definition) is 10. The fourth-order valence-corrected chi connectivity index (χ4v) is 13.9. The Labute approximate surface area is 731 Å². The average Bonchev–Trinajstić information content (AvgIpc) is 1.68. The van der Waals surface area contributed by atoms with Crippen molar-refractivity contribution in [2.75, 3.05) is 163 Å². The molecule has 2 aliphatic carbocycles. The molecule has 3 unspecified atom stereocenters. The third kappa shape index (κ3) is 77.9. The minimum Gasteiger partial charge on any atom is -0.359 e. The first-order chi connectivity index (χ1) is 56.8. The second-order valence-electron chi connectivity index (χ2n) is 27.3. The molecule has 3 atom stereocenters. The van der Waals surface area contributed by atoms with Crippen LogP contribution in [-0.2, 0) is 86.1 Å². The van der Waals surface area contributed by atoms with Gasteiger partial charge in [0.1, 0.15) is 31.9 Å². The van der Waals surface area contributed by atoms with Gasteiger partial charge < -0.3 is 72.1 Å². The number of ketones is 2. The number of likely N-dealkylation sites (N-methyl/N-ethyl adjacent to an activating group) is 1. The van der Waals surface area contributed by atoms with E-state index >= 15 is 0 Å². The first-order valence-corrected chi connectivity index (χ1v) is 46.9. The lowest BCUT2D eigenvalue weighted by Crippen LogP contribution is -2.38. The number of thioether (sulfide) groups is 3. The van der Waals surface area contributed by atoms with Crippen LogP contribution in [0, 0.1) is 23.7 Å². The molecule has 0 aromatic rings. The number of hydrogen-bond acceptors (Lipinski definition) is 24. The Balaban J connectivity index is -0.000000238. The lowest BCUT2D eigenvalue weighted by Gasteiger charge is -2.30. The quantitative estimate of drug-likeness (QED) is 0.0119. The highest BCUT2D eigenvalue weighted by Crippen LogP contribution is 2.33. The lowest BCUT2D eigenvalue weighted by atomic mass is 9.80. The molecule has 31 nitrogen and oxygen atoms in total. The van der Waals surface area contributed by atoms with Gasteiger partial charge in [-0.3, -0.25) is 81.8 Å². The van der Waals surface area contributed by atoms with Crippen LogP contribution in [0.3, 0.4) is 0 Å². The molecule has 0 aromatic carbocycles. The molecule has 5 fully saturated rings. The number of carbonyl (C=O) groups is 14. The van der Waals surface area contributed by atoms with E-state index in [1.165, 1.54) is 73.3 Å². The number of Topliss-reactive ketones (excluding diaryl/α,β-unsaturated/α-hetero) is 2. The fraction of sp³-hybridized carbons (Fsp3) is 0.835. The van der Waals surface area contributed by atoms with Gasteiger partial charge >= 0.3 is 0 Å². The van der Waals surface area contributed by atoms with Crippen LogP contribution in [0.1, 0.15) is 261 Å². The standard InChI is InChI=1S/C16H26N2O3S.C11H21NO.C10H16N2O3S.C10H20N2OS.C8H15NO4.C6H11NO2.2C5H11NO.C4H11N.C4H10O2.C3H9N.C3H8/c1-3-17-15(20)12-7-5-11(6-8-12)10-18-14(19)9-13(16(18)21)22-4-2;1-3-9-5-7-10(8-6-9)11(13)12-4-2;1-3-11-8(13)6-16-7-5-9(14)12(4-2)10(7)15;1-3-11-10(13)8-12-6-5-9(7-12)14-4-2;1-3-12-6-13-5-9-8(11)4-7(2)10;1-3-7-6(9)4-5(2)8;2*1-3-5(7)6-4-2;1-3-5-4-2;1-3-6-4-5-2;1-3-4-2;1-3-2/h11-13H,3-10H2,1-2H3,(H,17,20);9-10H,3-8H2,1-2H3,(H,12,13);7H,3-6H2,1-2H3,(H,11,13);9H,3-8H2,1-2H3,(H,11,13);3-6H2,1-2H3,(H,9,11);3-4H2,1-2H3,(H,7,9);2*3-4H2,1-2H3,(H,6,7);5H,3-4H2,1-2H3;3-4H2,1-2H3;4H,3H2,1-2H3;3H2,1-2H3. The highest BCUT2D eigenvalue weighted by atomic mass is 32.2. The SMILES string of the molecule is CCC.CCNC.CCNC(=O)C1CCC(CC)CC1.CCNC(=O)C1CCC(CN2C(=O)CC(SCC)C2=O)CC1.CCNC(=O)CC.CCNC(=O)CC.CCNC(=O)CC(C)=O.CCNC(=O)CN1CCC(SCC)C1.CCNC(=O)CSC1CC(=O)N(CC)C1=O.CCNCC.CCOCOC.CCOCOCNC(=O)CC(C)=O. The second-order valence-corrected chi connectivity index (χ2v) is 31.5. The van der Waals surface area contributed by atoms with Crippen LogP contribution < -0.4 is 53.2 Å². The molecule has 5 aliphatic rings. The van der Waals surface area contributed by atoms with Gasteiger partial charge in [-0.25, -0.2) is 0 Å². The van der Waals surface area contributed by atoms with Crippen LogP contribution in [-0.4, -0.2) is 276 Å². The molecule has 700 valence electrons. The van der Waals surface area contributed by atoms with E-state index in [9.17, 15) is 67.1 Å². The summed E-state index contributed by atoms with van der Waals surface area (Å²) >= 11 is 4.81. The Hall–Kier alpha value is -5.85. The summed E-state index contributed by atoms with van der Waals surface area (Å²) in [7, 11) is 3.54. The number of rotatable bonds is 39. The van der Waals surface area contributed by atoms with Crippen molar-refractivity contribution in [2.45, 2.75) is 277 Å². The molecule has 3 saturated heterocycles. The summed E-state index contributed by atoms with van der Waals surface area (Å²) in [6.07, 6.45) is 13.7. The van der Waals surface area contributed by atoms with Crippen LogP contribution in [0.15, 0.2) is 0 Å². The van der Waals surface area contributed by atoms with Crippen molar-refractivity contribution in [2.24, 2.45) is 23.7 Å². The zero-order chi connectivity index (χ0) is 92.2. The number of amides is 12. The van der Waals surface area contributed by atoms with Gasteiger partial charge in [0.25, 0.3) is 0 Å². The van der Waals surface area contributed by atoms with Crippen molar-refractivity contribution in [1.82, 2.24) is 67.9 Å². The van der Waals surface area contributed by atoms with E-state index in [-0.39, 0.29) is 137 Å². The van der Waals surface area contributed by atoms with Crippen LogP contribution in [0.2, 0.25) is 0 Å². The molecule has 3 heterocycles. The number of nitrogens with one attached hydrogen (secondary N) is 10. The zero-order valence-electron chi connectivity index (χ0n) is 78.2. The smallest absolute Gasteiger partial charge is 0.242 e. The Morgan fingerprint density at radius 1 is 0.429 bits per heavy atom. The second kappa shape index (κ2) is 91.4. The van der Waals surface area contributed by atoms with E-state index in [1.807, 2.05) is 102 Å². The molecule has 2 saturated carbocycles. The maximum absolute atomic E-state index is 12.3. The molecule has 0 bridgehead atoms. The summed E-state index contributed by atoms with van der Waals surface area (Å²) in [6.45, 7) is 56.0. The molecule has 0 aromatic heterocycles. The zero-order valence-corrected chi connectivity index (χ0v) is 80.7. The Bertz CT molecular complexity index is 2590. The van der Waals surface area contributed by atoms with Gasteiger partial charge in [0.05, 0.1) is 35.6 Å². The van der Waals surface area contributed by atoms with Crippen LogP contribution in [0.25, 0.3) is 0 Å². The van der Waals surface area contributed by atoms with E-state index in [1.54, 1.807) is 25.8 Å². The number of carbonyl (C=O) groups excluding carboxylic acids is 14. The van der Waals surface area contributed by atoms with E-state index < -0.39 is 0 Å². The van der Waals surface area contributed by atoms with Crippen LogP contribution in [0.4, 0.5) is 0 Å². The number of likely N-dealkylation sites (tertiary alicyclic amines) is 3. The Morgan fingerprint density at radius 2 is 0.824 bits per heavy atom. The molecular formula is C85H169N13O18S3. The number of imide groups is 2. The topological polar surface area (TPSA) is 406 Å². The summed E-state index contributed by atoms with van der Waals surface area (Å²) in [5.74, 6) is 3.53. The van der Waals surface area contributed by atoms with E-state index in [0.29, 0.717) is 83.8 Å². The van der Waals surface area contributed by atoms with Crippen molar-refractivity contribution < 1.29 is 86.1 Å². The number of ether oxygens (including phenoxy) is 4. The average molecular weight is 1760 g/mol.